The van der Waals surface area contributed by atoms with Crippen molar-refractivity contribution in [2.45, 2.75) is 63.9 Å². The highest BCUT2D eigenvalue weighted by molar-refractivity contribution is 7.88. The van der Waals surface area contributed by atoms with Gasteiger partial charge < -0.3 is 10.6 Å². The van der Waals surface area contributed by atoms with Crippen molar-refractivity contribution >= 4 is 21.8 Å². The molecule has 186 valence electrons. The zero-order chi connectivity index (χ0) is 24.7. The number of sulfonamides is 1. The number of nitrogens with zero attached hydrogens (tertiary/aromatic N) is 3. The van der Waals surface area contributed by atoms with Gasteiger partial charge in [-0.15, -0.1) is 0 Å². The van der Waals surface area contributed by atoms with Crippen LogP contribution >= 0.6 is 0 Å². The second-order valence-electron chi connectivity index (χ2n) is 9.29. The number of benzene rings is 1. The monoisotopic (exact) mass is 489 g/mol. The number of carbonyl (C=O) groups excluding carboxylic acids is 2. The van der Waals surface area contributed by atoms with Gasteiger partial charge in [0.2, 0.25) is 21.8 Å². The van der Waals surface area contributed by atoms with Crippen LogP contribution in [0.2, 0.25) is 0 Å². The molecule has 0 bridgehead atoms. The fourth-order valence-electron chi connectivity index (χ4n) is 4.21. The summed E-state index contributed by atoms with van der Waals surface area (Å²) in [5.74, 6) is -0.698. The maximum atomic E-state index is 13.3. The Hall–Kier alpha value is -2.72. The van der Waals surface area contributed by atoms with E-state index < -0.39 is 28.0 Å². The highest BCUT2D eigenvalue weighted by atomic mass is 32.2. The summed E-state index contributed by atoms with van der Waals surface area (Å²) in [6.07, 6.45) is 5.84. The van der Waals surface area contributed by atoms with Crippen LogP contribution in [-0.4, -0.2) is 52.9 Å². The lowest BCUT2D eigenvalue weighted by Crippen LogP contribution is -2.56. The number of piperidine rings is 1. The highest BCUT2D eigenvalue weighted by Gasteiger charge is 2.38. The largest absolute Gasteiger partial charge is 0.350 e. The lowest BCUT2D eigenvalue weighted by molar-refractivity contribution is -0.132. The minimum absolute atomic E-state index is 0.154. The number of hydrogen-bond donors (Lipinski definition) is 2. The van der Waals surface area contributed by atoms with Gasteiger partial charge in [0.25, 0.3) is 0 Å². The predicted molar refractivity (Wildman–Crippen MR) is 130 cm³/mol. The first-order valence-electron chi connectivity index (χ1n) is 11.7. The number of rotatable bonds is 10. The maximum Gasteiger partial charge on any atom is 0.242 e. The van der Waals surface area contributed by atoms with Gasteiger partial charge >= 0.3 is 0 Å². The van der Waals surface area contributed by atoms with E-state index in [2.05, 4.69) is 15.7 Å². The average molecular weight is 490 g/mol. The van der Waals surface area contributed by atoms with Crippen LogP contribution in [0.5, 0.6) is 0 Å². The van der Waals surface area contributed by atoms with E-state index in [0.717, 1.165) is 12.0 Å². The van der Waals surface area contributed by atoms with Crippen molar-refractivity contribution < 1.29 is 18.0 Å². The molecular weight excluding hydrogens is 454 g/mol. The first kappa shape index (κ1) is 25.9. The Balaban J connectivity index is 1.69. The SMILES string of the molecule is CC(C)CC(NC(=O)C1CCCCN1S(=O)(=O)Cc1ccccc1)C(=O)NCc1cnn(C)c1. The zero-order valence-electron chi connectivity index (χ0n) is 20.1. The Bertz CT molecular complexity index is 1070. The van der Waals surface area contributed by atoms with Gasteiger partial charge in [0.1, 0.15) is 12.1 Å². The van der Waals surface area contributed by atoms with Crippen LogP contribution in [0.1, 0.15) is 50.7 Å². The number of amides is 2. The third kappa shape index (κ3) is 7.14. The summed E-state index contributed by atoms with van der Waals surface area (Å²) in [6.45, 7) is 4.56. The van der Waals surface area contributed by atoms with Gasteiger partial charge in [-0.25, -0.2) is 8.42 Å². The lowest BCUT2D eigenvalue weighted by Gasteiger charge is -2.34. The first-order valence-corrected chi connectivity index (χ1v) is 13.4. The molecule has 0 saturated carbocycles. The Morgan fingerprint density at radius 2 is 1.88 bits per heavy atom. The summed E-state index contributed by atoms with van der Waals surface area (Å²) >= 11 is 0. The molecule has 10 heteroatoms. The van der Waals surface area contributed by atoms with E-state index in [4.69, 9.17) is 0 Å². The van der Waals surface area contributed by atoms with Crippen LogP contribution in [0.4, 0.5) is 0 Å². The number of aryl methyl sites for hydroxylation is 1. The molecule has 9 nitrogen and oxygen atoms in total. The van der Waals surface area contributed by atoms with E-state index in [1.165, 1.54) is 4.31 Å². The van der Waals surface area contributed by atoms with Crippen molar-refractivity contribution in [2.24, 2.45) is 13.0 Å². The topological polar surface area (TPSA) is 113 Å². The molecule has 34 heavy (non-hydrogen) atoms. The minimum atomic E-state index is -3.69. The molecule has 3 rings (SSSR count). The molecule has 1 aromatic heterocycles. The van der Waals surface area contributed by atoms with Crippen molar-refractivity contribution in [3.05, 3.63) is 53.9 Å². The molecule has 1 saturated heterocycles. The molecule has 1 aromatic carbocycles. The van der Waals surface area contributed by atoms with Crippen molar-refractivity contribution in [1.82, 2.24) is 24.7 Å². The molecule has 0 spiro atoms. The van der Waals surface area contributed by atoms with Gasteiger partial charge in [-0.1, -0.05) is 50.6 Å². The third-order valence-electron chi connectivity index (χ3n) is 5.87. The Morgan fingerprint density at radius 1 is 1.15 bits per heavy atom. The zero-order valence-corrected chi connectivity index (χ0v) is 20.9. The molecular formula is C24H35N5O4S. The highest BCUT2D eigenvalue weighted by Crippen LogP contribution is 2.23. The van der Waals surface area contributed by atoms with Gasteiger partial charge in [0, 0.05) is 31.9 Å². The van der Waals surface area contributed by atoms with Crippen LogP contribution in [0.25, 0.3) is 0 Å². The Labute approximate surface area is 202 Å². The summed E-state index contributed by atoms with van der Waals surface area (Å²) < 4.78 is 29.3. The fraction of sp³-hybridized carbons (Fsp3) is 0.542. The molecule has 2 N–H and O–H groups in total. The molecule has 0 radical (unpaired) electrons. The number of nitrogens with one attached hydrogen (secondary N) is 2. The van der Waals surface area contributed by atoms with E-state index in [1.807, 2.05) is 26.1 Å². The average Bonchev–Trinajstić information content (AvgIpc) is 3.22. The van der Waals surface area contributed by atoms with Gasteiger partial charge in [-0.2, -0.15) is 9.40 Å². The van der Waals surface area contributed by atoms with Crippen molar-refractivity contribution in [2.75, 3.05) is 6.54 Å². The normalized spacial score (nSPS) is 17.9. The second kappa shape index (κ2) is 11.6. The Morgan fingerprint density at radius 3 is 2.53 bits per heavy atom. The third-order valence-corrected chi connectivity index (χ3v) is 7.72. The summed E-state index contributed by atoms with van der Waals surface area (Å²) in [5, 5.41) is 9.80. The van der Waals surface area contributed by atoms with E-state index >= 15 is 0 Å². The standard InChI is InChI=1S/C24H35N5O4S/c1-18(2)13-21(23(30)25-14-20-15-26-28(3)16-20)27-24(31)22-11-7-8-12-29(22)34(32,33)17-19-9-5-4-6-10-19/h4-6,9-10,15-16,18,21-22H,7-8,11-14,17H2,1-3H3,(H,25,30)(H,27,31). The number of carbonyl (C=O) groups is 2. The van der Waals surface area contributed by atoms with Crippen LogP contribution in [0.3, 0.4) is 0 Å². The smallest absolute Gasteiger partial charge is 0.242 e. The van der Waals surface area contributed by atoms with Gasteiger partial charge in [-0.3, -0.25) is 14.3 Å². The molecule has 1 fully saturated rings. The van der Waals surface area contributed by atoms with E-state index in [0.29, 0.717) is 37.9 Å². The van der Waals surface area contributed by atoms with Crippen LogP contribution in [0.15, 0.2) is 42.7 Å². The molecule has 1 aliphatic heterocycles. The second-order valence-corrected chi connectivity index (χ2v) is 11.2. The molecule has 1 aliphatic rings. The van der Waals surface area contributed by atoms with E-state index in [-0.39, 0.29) is 17.6 Å². The van der Waals surface area contributed by atoms with Crippen LogP contribution in [0, 0.1) is 5.92 Å². The molecule has 0 aliphatic carbocycles. The molecule has 2 unspecified atom stereocenters. The summed E-state index contributed by atoms with van der Waals surface area (Å²) in [5.41, 5.74) is 1.54. The lowest BCUT2D eigenvalue weighted by atomic mass is 10.0. The summed E-state index contributed by atoms with van der Waals surface area (Å²) in [7, 11) is -1.89. The van der Waals surface area contributed by atoms with Crippen LogP contribution < -0.4 is 10.6 Å². The summed E-state index contributed by atoms with van der Waals surface area (Å²) in [6, 6.07) is 7.40. The molecule has 2 aromatic rings. The fourth-order valence-corrected chi connectivity index (χ4v) is 5.99. The molecule has 2 atom stereocenters. The first-order chi connectivity index (χ1) is 16.2. The Kier molecular flexibility index (Phi) is 8.84. The molecule has 2 heterocycles. The summed E-state index contributed by atoms with van der Waals surface area (Å²) in [4.78, 5) is 26.2. The predicted octanol–water partition coefficient (Wildman–Crippen LogP) is 1.95. The number of aromatic nitrogens is 2. The van der Waals surface area contributed by atoms with E-state index in [9.17, 15) is 18.0 Å². The maximum absolute atomic E-state index is 13.3. The van der Waals surface area contributed by atoms with Crippen molar-refractivity contribution in [3.8, 4) is 0 Å². The van der Waals surface area contributed by atoms with Crippen molar-refractivity contribution in [3.63, 3.8) is 0 Å². The van der Waals surface area contributed by atoms with E-state index in [1.54, 1.807) is 42.2 Å². The molecule has 2 amide bonds. The van der Waals surface area contributed by atoms with Crippen LogP contribution in [-0.2, 0) is 39.0 Å². The quantitative estimate of drug-likeness (QED) is 0.530. The van der Waals surface area contributed by atoms with Crippen molar-refractivity contribution in [1.29, 1.82) is 0 Å². The van der Waals surface area contributed by atoms with Gasteiger partial charge in [-0.05, 0) is 30.7 Å². The number of hydrogen-bond acceptors (Lipinski definition) is 5. The van der Waals surface area contributed by atoms with Gasteiger partial charge in [0.15, 0.2) is 0 Å². The minimum Gasteiger partial charge on any atom is -0.350 e. The van der Waals surface area contributed by atoms with Gasteiger partial charge in [0.05, 0.1) is 11.9 Å².